The van der Waals surface area contributed by atoms with Crippen LogP contribution in [-0.2, 0) is 16.1 Å². The number of methoxy groups -OCH3 is 1. The van der Waals surface area contributed by atoms with Crippen LogP contribution in [0, 0.1) is 11.3 Å². The van der Waals surface area contributed by atoms with Gasteiger partial charge in [-0.15, -0.1) is 0 Å². The van der Waals surface area contributed by atoms with Gasteiger partial charge in [-0.1, -0.05) is 12.1 Å². The number of esters is 1. The Bertz CT molecular complexity index is 1140. The summed E-state index contributed by atoms with van der Waals surface area (Å²) in [5, 5.41) is 11.9. The molecule has 0 bridgehead atoms. The molecule has 0 aliphatic carbocycles. The molecule has 2 aromatic carbocycles. The maximum Gasteiger partial charge on any atom is 0.311 e. The molecule has 0 unspecified atom stereocenters. The normalized spacial score (nSPS) is 10.8. The lowest BCUT2D eigenvalue weighted by Gasteiger charge is -2.07. The van der Waals surface area contributed by atoms with Crippen LogP contribution in [0.5, 0.6) is 17.2 Å². The van der Waals surface area contributed by atoms with Gasteiger partial charge in [0.05, 0.1) is 26.5 Å². The highest BCUT2D eigenvalue weighted by atomic mass is 16.5. The molecule has 0 spiro atoms. The quantitative estimate of drug-likeness (QED) is 0.149. The monoisotopic (exact) mass is 460 g/mol. The molecule has 0 radical (unpaired) electrons. The zero-order valence-corrected chi connectivity index (χ0v) is 18.7. The minimum atomic E-state index is -0.508. The highest BCUT2D eigenvalue weighted by Crippen LogP contribution is 2.18. The Morgan fingerprint density at radius 3 is 2.38 bits per heavy atom. The lowest BCUT2D eigenvalue weighted by atomic mass is 10.1. The smallest absolute Gasteiger partial charge is 0.311 e. The van der Waals surface area contributed by atoms with Gasteiger partial charge in [-0.05, 0) is 66.6 Å². The molecule has 0 saturated heterocycles. The topological polar surface area (TPSA) is 111 Å². The average Bonchev–Trinajstić information content (AvgIpc) is 3.39. The van der Waals surface area contributed by atoms with Crippen LogP contribution >= 0.6 is 0 Å². The van der Waals surface area contributed by atoms with E-state index < -0.39 is 5.91 Å². The van der Waals surface area contributed by atoms with Crippen molar-refractivity contribution in [3.05, 3.63) is 83.8 Å². The molecule has 174 valence electrons. The van der Waals surface area contributed by atoms with Gasteiger partial charge in [-0.3, -0.25) is 9.59 Å². The van der Waals surface area contributed by atoms with Crippen LogP contribution in [0.1, 0.15) is 24.2 Å². The van der Waals surface area contributed by atoms with Crippen molar-refractivity contribution in [1.29, 1.82) is 5.26 Å². The Balaban J connectivity index is 1.43. The number of carbonyl (C=O) groups is 2. The number of hydrogen-bond donors (Lipinski definition) is 1. The molecular weight excluding hydrogens is 436 g/mol. The van der Waals surface area contributed by atoms with E-state index in [2.05, 4.69) is 5.32 Å². The number of furan rings is 1. The van der Waals surface area contributed by atoms with E-state index in [-0.39, 0.29) is 24.5 Å². The van der Waals surface area contributed by atoms with Crippen molar-refractivity contribution in [2.45, 2.75) is 19.4 Å². The van der Waals surface area contributed by atoms with E-state index in [1.165, 1.54) is 12.3 Å². The summed E-state index contributed by atoms with van der Waals surface area (Å²) in [6, 6.07) is 19.1. The van der Waals surface area contributed by atoms with Crippen molar-refractivity contribution in [3.8, 4) is 23.3 Å². The van der Waals surface area contributed by atoms with E-state index in [4.69, 9.17) is 18.6 Å². The first-order chi connectivity index (χ1) is 16.6. The first-order valence-corrected chi connectivity index (χ1v) is 10.6. The van der Waals surface area contributed by atoms with E-state index in [1.807, 2.05) is 6.07 Å². The predicted octanol–water partition coefficient (Wildman–Crippen LogP) is 4.28. The van der Waals surface area contributed by atoms with E-state index in [0.29, 0.717) is 35.9 Å². The molecule has 0 saturated carbocycles. The summed E-state index contributed by atoms with van der Waals surface area (Å²) in [5.74, 6) is 1.52. The molecule has 1 N–H and O–H groups in total. The number of benzene rings is 2. The zero-order valence-electron chi connectivity index (χ0n) is 18.7. The standard InChI is InChI=1S/C26H24N2O6/c1-31-21-10-12-22(13-11-21)32-15-3-5-25(29)34-23-8-6-19(7-9-23)16-20(17-27)26(30)28-18-24-4-2-14-33-24/h2,4,6-14,16H,3,5,15,18H2,1H3,(H,28,30)/b20-16+. The summed E-state index contributed by atoms with van der Waals surface area (Å²) >= 11 is 0. The maximum absolute atomic E-state index is 12.2. The van der Waals surface area contributed by atoms with Crippen LogP contribution in [0.4, 0.5) is 0 Å². The first kappa shape index (κ1) is 24.1. The van der Waals surface area contributed by atoms with Crippen LogP contribution in [0.2, 0.25) is 0 Å². The van der Waals surface area contributed by atoms with E-state index in [0.717, 1.165) is 5.75 Å². The number of hydrogen-bond acceptors (Lipinski definition) is 7. The van der Waals surface area contributed by atoms with E-state index >= 15 is 0 Å². The second-order valence-corrected chi connectivity index (χ2v) is 7.10. The molecule has 0 aliphatic rings. The van der Waals surface area contributed by atoms with Crippen LogP contribution in [0.25, 0.3) is 6.08 Å². The third-order valence-corrected chi connectivity index (χ3v) is 4.64. The molecule has 34 heavy (non-hydrogen) atoms. The molecule has 0 fully saturated rings. The summed E-state index contributed by atoms with van der Waals surface area (Å²) in [6.07, 6.45) is 3.67. The number of nitriles is 1. The fraction of sp³-hybridized carbons (Fsp3) is 0.192. The third kappa shape index (κ3) is 7.57. The van der Waals surface area contributed by atoms with Crippen molar-refractivity contribution in [3.63, 3.8) is 0 Å². The lowest BCUT2D eigenvalue weighted by Crippen LogP contribution is -2.23. The Hall–Kier alpha value is -4.51. The molecule has 1 aromatic heterocycles. The molecular formula is C26H24N2O6. The second kappa shape index (κ2) is 12.5. The van der Waals surface area contributed by atoms with Gasteiger partial charge in [0.2, 0.25) is 0 Å². The van der Waals surface area contributed by atoms with Gasteiger partial charge in [0.1, 0.15) is 34.7 Å². The van der Waals surface area contributed by atoms with Crippen LogP contribution in [-0.4, -0.2) is 25.6 Å². The van der Waals surface area contributed by atoms with Crippen molar-refractivity contribution in [2.24, 2.45) is 0 Å². The Morgan fingerprint density at radius 1 is 1.03 bits per heavy atom. The van der Waals surface area contributed by atoms with Crippen molar-refractivity contribution < 1.29 is 28.2 Å². The van der Waals surface area contributed by atoms with E-state index in [1.54, 1.807) is 67.8 Å². The third-order valence-electron chi connectivity index (χ3n) is 4.64. The van der Waals surface area contributed by atoms with Gasteiger partial charge in [0, 0.05) is 6.42 Å². The van der Waals surface area contributed by atoms with Gasteiger partial charge in [0.15, 0.2) is 0 Å². The summed E-state index contributed by atoms with van der Waals surface area (Å²) < 4.78 is 21.2. The number of amides is 1. The number of carbonyl (C=O) groups excluding carboxylic acids is 2. The number of rotatable bonds is 11. The number of nitrogens with zero attached hydrogens (tertiary/aromatic N) is 1. The molecule has 0 atom stereocenters. The highest BCUT2D eigenvalue weighted by molar-refractivity contribution is 6.01. The SMILES string of the molecule is COc1ccc(OCCCC(=O)Oc2ccc(/C=C(\C#N)C(=O)NCc3ccco3)cc2)cc1. The molecule has 3 rings (SSSR count). The molecule has 1 amide bonds. The zero-order chi connectivity index (χ0) is 24.2. The molecule has 0 aliphatic heterocycles. The molecule has 1 heterocycles. The minimum absolute atomic E-state index is 0.0480. The van der Waals surface area contributed by atoms with Gasteiger partial charge < -0.3 is 23.9 Å². The summed E-state index contributed by atoms with van der Waals surface area (Å²) in [4.78, 5) is 24.3. The van der Waals surface area contributed by atoms with Crippen molar-refractivity contribution in [1.82, 2.24) is 5.32 Å². The first-order valence-electron chi connectivity index (χ1n) is 10.6. The second-order valence-electron chi connectivity index (χ2n) is 7.10. The fourth-order valence-corrected chi connectivity index (χ4v) is 2.88. The van der Waals surface area contributed by atoms with Gasteiger partial charge in [0.25, 0.3) is 5.91 Å². The van der Waals surface area contributed by atoms with Gasteiger partial charge in [-0.2, -0.15) is 5.26 Å². The lowest BCUT2D eigenvalue weighted by molar-refractivity contribution is -0.134. The van der Waals surface area contributed by atoms with E-state index in [9.17, 15) is 14.9 Å². The number of ether oxygens (including phenoxy) is 3. The Labute approximate surface area is 197 Å². The summed E-state index contributed by atoms with van der Waals surface area (Å²) in [7, 11) is 1.60. The Morgan fingerprint density at radius 2 is 1.74 bits per heavy atom. The summed E-state index contributed by atoms with van der Waals surface area (Å²) in [6.45, 7) is 0.564. The van der Waals surface area contributed by atoms with Gasteiger partial charge >= 0.3 is 5.97 Å². The molecule has 3 aromatic rings. The van der Waals surface area contributed by atoms with Crippen LogP contribution in [0.15, 0.2) is 76.9 Å². The fourth-order valence-electron chi connectivity index (χ4n) is 2.88. The van der Waals surface area contributed by atoms with Crippen molar-refractivity contribution in [2.75, 3.05) is 13.7 Å². The largest absolute Gasteiger partial charge is 0.497 e. The Kier molecular flexibility index (Phi) is 8.88. The van der Waals surface area contributed by atoms with Crippen LogP contribution in [0.3, 0.4) is 0 Å². The minimum Gasteiger partial charge on any atom is -0.497 e. The summed E-state index contributed by atoms with van der Waals surface area (Å²) in [5.41, 5.74) is 0.575. The molecule has 8 heteroatoms. The average molecular weight is 460 g/mol. The molecule has 8 nitrogen and oxygen atoms in total. The van der Waals surface area contributed by atoms with Gasteiger partial charge in [-0.25, -0.2) is 0 Å². The maximum atomic E-state index is 12.2. The predicted molar refractivity (Wildman–Crippen MR) is 124 cm³/mol. The van der Waals surface area contributed by atoms with Crippen LogP contribution < -0.4 is 19.5 Å². The highest BCUT2D eigenvalue weighted by Gasteiger charge is 2.10. The number of nitrogens with one attached hydrogen (secondary N) is 1. The van der Waals surface area contributed by atoms with Crippen molar-refractivity contribution >= 4 is 18.0 Å².